The molecule has 1 aliphatic carbocycles. The van der Waals surface area contributed by atoms with E-state index in [4.69, 9.17) is 16.3 Å². The molecule has 2 heterocycles. The molecule has 5 rings (SSSR count). The fourth-order valence-electron chi connectivity index (χ4n) is 4.57. The third-order valence-electron chi connectivity index (χ3n) is 6.77. The lowest BCUT2D eigenvalue weighted by Crippen LogP contribution is -2.17. The van der Waals surface area contributed by atoms with Crippen LogP contribution in [0.3, 0.4) is 0 Å². The average molecular weight is 490 g/mol. The summed E-state index contributed by atoms with van der Waals surface area (Å²) in [4.78, 5) is 21.3. The number of carbonyl (C=O) groups excluding carboxylic acids is 1. The predicted octanol–water partition coefficient (Wildman–Crippen LogP) is 6.44. The van der Waals surface area contributed by atoms with Gasteiger partial charge in [0.25, 0.3) is 0 Å². The second-order valence-corrected chi connectivity index (χ2v) is 9.45. The van der Waals surface area contributed by atoms with Crippen LogP contribution in [0.4, 0.5) is 10.2 Å². The van der Waals surface area contributed by atoms with Crippen LogP contribution in [-0.4, -0.2) is 22.5 Å². The molecule has 0 bridgehead atoms. The Morgan fingerprint density at radius 2 is 1.94 bits per heavy atom. The topological polar surface area (TPSA) is 64.1 Å². The van der Waals surface area contributed by atoms with E-state index in [0.717, 1.165) is 11.1 Å². The lowest BCUT2D eigenvalue weighted by molar-refractivity contribution is -0.118. The Morgan fingerprint density at radius 3 is 2.71 bits per heavy atom. The molecule has 1 amide bonds. The van der Waals surface area contributed by atoms with Gasteiger partial charge in [0.15, 0.2) is 0 Å². The van der Waals surface area contributed by atoms with Crippen LogP contribution in [0.1, 0.15) is 18.1 Å². The van der Waals surface area contributed by atoms with E-state index in [1.165, 1.54) is 6.20 Å². The maximum absolute atomic E-state index is 15.0. The maximum Gasteiger partial charge on any atom is 0.229 e. The van der Waals surface area contributed by atoms with Crippen LogP contribution in [0.25, 0.3) is 21.9 Å². The number of hydrogen-bond acceptors (Lipinski definition) is 4. The molecule has 0 saturated heterocycles. The number of nitrogens with one attached hydrogen (secondary N) is 1. The van der Waals surface area contributed by atoms with Crippen molar-refractivity contribution in [3.8, 4) is 11.1 Å². The van der Waals surface area contributed by atoms with Crippen LogP contribution in [0.5, 0.6) is 0 Å². The second-order valence-electron chi connectivity index (χ2n) is 9.07. The lowest BCUT2D eigenvalue weighted by Gasteiger charge is -2.12. The molecule has 4 aromatic rings. The Kier molecular flexibility index (Phi) is 6.50. The Hall–Kier alpha value is -3.35. The summed E-state index contributed by atoms with van der Waals surface area (Å²) in [7, 11) is 0. The monoisotopic (exact) mass is 489 g/mol. The highest BCUT2D eigenvalue weighted by atomic mass is 35.5. The number of hydrogen-bond donors (Lipinski definition) is 1. The van der Waals surface area contributed by atoms with Crippen molar-refractivity contribution in [3.63, 3.8) is 0 Å². The Bertz CT molecular complexity index is 1400. The third-order valence-corrected chi connectivity index (χ3v) is 7.14. The van der Waals surface area contributed by atoms with Gasteiger partial charge in [-0.25, -0.2) is 9.37 Å². The first kappa shape index (κ1) is 23.4. The predicted molar refractivity (Wildman–Crippen MR) is 136 cm³/mol. The number of benzene rings is 2. The largest absolute Gasteiger partial charge is 0.376 e. The van der Waals surface area contributed by atoms with Crippen LogP contribution in [0.2, 0.25) is 5.02 Å². The van der Waals surface area contributed by atoms with Gasteiger partial charge in [-0.1, -0.05) is 48.9 Å². The smallest absolute Gasteiger partial charge is 0.229 e. The number of amides is 1. The molecule has 1 saturated carbocycles. The summed E-state index contributed by atoms with van der Waals surface area (Å²) < 4.78 is 20.9. The van der Waals surface area contributed by atoms with Gasteiger partial charge in [-0.2, -0.15) is 0 Å². The van der Waals surface area contributed by atoms with Gasteiger partial charge in [0.05, 0.1) is 18.2 Å². The number of ether oxygens (including phenoxy) is 1. The first-order valence-corrected chi connectivity index (χ1v) is 11.9. The van der Waals surface area contributed by atoms with E-state index in [9.17, 15) is 4.79 Å². The van der Waals surface area contributed by atoms with Crippen LogP contribution in [-0.2, 0) is 16.1 Å². The molecule has 0 aliphatic heterocycles. The quantitative estimate of drug-likeness (QED) is 0.324. The van der Waals surface area contributed by atoms with E-state index in [0.29, 0.717) is 40.9 Å². The number of rotatable bonds is 7. The molecule has 1 fully saturated rings. The average Bonchev–Trinajstić information content (AvgIpc) is 3.51. The van der Waals surface area contributed by atoms with Gasteiger partial charge in [0.2, 0.25) is 5.91 Å². The molecular weight excluding hydrogens is 465 g/mol. The first-order chi connectivity index (χ1) is 16.9. The van der Waals surface area contributed by atoms with Crippen LogP contribution < -0.4 is 5.32 Å². The van der Waals surface area contributed by atoms with Crippen molar-refractivity contribution >= 4 is 34.1 Å². The number of aryl methyl sites for hydroxylation is 1. The Morgan fingerprint density at radius 1 is 1.14 bits per heavy atom. The van der Waals surface area contributed by atoms with E-state index in [1.807, 2.05) is 43.3 Å². The molecule has 7 heteroatoms. The molecule has 0 spiro atoms. The van der Waals surface area contributed by atoms with Crippen molar-refractivity contribution in [1.29, 1.82) is 0 Å². The fraction of sp³-hybridized carbons (Fsp3) is 0.250. The zero-order valence-corrected chi connectivity index (χ0v) is 20.2. The summed E-state index contributed by atoms with van der Waals surface area (Å²) >= 11 is 6.35. The molecule has 2 unspecified atom stereocenters. The highest BCUT2D eigenvalue weighted by Gasteiger charge is 2.51. The van der Waals surface area contributed by atoms with E-state index in [1.54, 1.807) is 24.5 Å². The molecule has 178 valence electrons. The zero-order valence-electron chi connectivity index (χ0n) is 19.5. The van der Waals surface area contributed by atoms with Crippen molar-refractivity contribution in [2.45, 2.75) is 20.5 Å². The number of pyridine rings is 2. The summed E-state index contributed by atoms with van der Waals surface area (Å²) in [5, 5.41) is 4.08. The summed E-state index contributed by atoms with van der Waals surface area (Å²) in [6.07, 6.45) is 4.77. The lowest BCUT2D eigenvalue weighted by atomic mass is 9.99. The second kappa shape index (κ2) is 9.72. The van der Waals surface area contributed by atoms with E-state index in [-0.39, 0.29) is 28.7 Å². The number of fused-ring (bicyclic) bond motifs is 1. The van der Waals surface area contributed by atoms with E-state index < -0.39 is 5.82 Å². The highest BCUT2D eigenvalue weighted by Crippen LogP contribution is 2.47. The van der Waals surface area contributed by atoms with Crippen molar-refractivity contribution < 1.29 is 13.9 Å². The van der Waals surface area contributed by atoms with Gasteiger partial charge in [-0.05, 0) is 53.5 Å². The normalized spacial score (nSPS) is 19.0. The molecule has 1 N–H and O–H groups in total. The highest BCUT2D eigenvalue weighted by molar-refractivity contribution is 6.36. The van der Waals surface area contributed by atoms with Crippen molar-refractivity contribution in [2.75, 3.05) is 11.9 Å². The molecule has 2 aromatic heterocycles. The third kappa shape index (κ3) is 4.77. The van der Waals surface area contributed by atoms with Crippen LogP contribution >= 0.6 is 11.6 Å². The van der Waals surface area contributed by atoms with Crippen molar-refractivity contribution in [2.24, 2.45) is 17.8 Å². The summed E-state index contributed by atoms with van der Waals surface area (Å²) in [5.41, 5.74) is 3.03. The standard InChI is InChI=1S/C28H25ClFN3O2/c1-16-8-9-31-12-21(16)20-10-19-11-24(32-13-22(19)26(29)27(20)30)33-28(34)25-17(2)23(25)15-35-14-18-6-4-3-5-7-18/h3-13,17,23,25H,14-15H2,1-2H3,(H,32,33,34)/t17?,23?,25-/m0/s1. The van der Waals surface area contributed by atoms with Gasteiger partial charge in [0.1, 0.15) is 11.6 Å². The van der Waals surface area contributed by atoms with Gasteiger partial charge < -0.3 is 10.1 Å². The van der Waals surface area contributed by atoms with Crippen LogP contribution in [0.15, 0.2) is 67.1 Å². The molecule has 3 atom stereocenters. The molecule has 2 aromatic carbocycles. The van der Waals surface area contributed by atoms with E-state index >= 15 is 4.39 Å². The minimum atomic E-state index is -0.515. The Labute approximate surface area is 208 Å². The molecule has 1 aliphatic rings. The van der Waals surface area contributed by atoms with Crippen molar-refractivity contribution in [3.05, 3.63) is 89.1 Å². The van der Waals surface area contributed by atoms with Gasteiger partial charge in [-0.15, -0.1) is 0 Å². The summed E-state index contributed by atoms with van der Waals surface area (Å²) in [6.45, 7) is 5.01. The minimum Gasteiger partial charge on any atom is -0.376 e. The summed E-state index contributed by atoms with van der Waals surface area (Å²) in [6, 6.07) is 15.2. The number of aromatic nitrogens is 2. The molecular formula is C28H25ClFN3O2. The number of nitrogens with zero attached hydrogens (tertiary/aromatic N) is 2. The van der Waals surface area contributed by atoms with Crippen molar-refractivity contribution in [1.82, 2.24) is 9.97 Å². The van der Waals surface area contributed by atoms with Crippen LogP contribution in [0, 0.1) is 30.5 Å². The number of halogens is 2. The number of carbonyl (C=O) groups is 1. The van der Waals surface area contributed by atoms with E-state index in [2.05, 4.69) is 22.2 Å². The maximum atomic E-state index is 15.0. The minimum absolute atomic E-state index is 0.00225. The zero-order chi connectivity index (χ0) is 24.5. The molecule has 35 heavy (non-hydrogen) atoms. The van der Waals surface area contributed by atoms with Gasteiger partial charge in [-0.3, -0.25) is 9.78 Å². The fourth-order valence-corrected chi connectivity index (χ4v) is 4.83. The first-order valence-electron chi connectivity index (χ1n) is 11.6. The SMILES string of the molecule is Cc1ccncc1-c1cc2cc(NC(=O)[C@H]3C(C)C3COCc3ccccc3)ncc2c(Cl)c1F. The Balaban J connectivity index is 1.30. The molecule has 0 radical (unpaired) electrons. The molecule has 5 nitrogen and oxygen atoms in total. The van der Waals surface area contributed by atoms with Gasteiger partial charge in [0, 0.05) is 41.0 Å². The van der Waals surface area contributed by atoms with Gasteiger partial charge >= 0.3 is 0 Å². The summed E-state index contributed by atoms with van der Waals surface area (Å²) in [5.74, 6) is 0.0711. The number of anilines is 1.